The number of sulfonamides is 1. The molecule has 6 N–H and O–H groups in total. The van der Waals surface area contributed by atoms with Crippen LogP contribution in [0.4, 0.5) is 10.9 Å². The van der Waals surface area contributed by atoms with Crippen LogP contribution in [0.15, 0.2) is 26.9 Å². The lowest BCUT2D eigenvalue weighted by atomic mass is 10.1. The molecule has 116 valence electrons. The van der Waals surface area contributed by atoms with E-state index in [1.54, 1.807) is 11.4 Å². The summed E-state index contributed by atoms with van der Waals surface area (Å²) in [5, 5.41) is 2.03. The molecule has 0 saturated carbocycles. The Morgan fingerprint density at radius 2 is 2.05 bits per heavy atom. The minimum atomic E-state index is -3.50. The highest BCUT2D eigenvalue weighted by molar-refractivity contribution is 7.89. The Balaban J connectivity index is 2.50. The summed E-state index contributed by atoms with van der Waals surface area (Å²) < 4.78 is 25.8. The summed E-state index contributed by atoms with van der Waals surface area (Å²) in [6, 6.07) is 3.14. The zero-order valence-corrected chi connectivity index (χ0v) is 13.1. The number of aliphatic imine (C=N–C) groups is 1. The molecule has 0 atom stereocenters. The first-order valence-corrected chi connectivity index (χ1v) is 8.55. The smallest absolute Gasteiger partial charge is 0.250 e. The van der Waals surface area contributed by atoms with Crippen molar-refractivity contribution in [1.29, 1.82) is 0 Å². The van der Waals surface area contributed by atoms with Crippen LogP contribution in [0.1, 0.15) is 5.56 Å². The predicted molar refractivity (Wildman–Crippen MR) is 87.7 cm³/mol. The maximum Gasteiger partial charge on any atom is 0.250 e. The molecule has 2 aromatic heterocycles. The highest BCUT2D eigenvalue weighted by Crippen LogP contribution is 2.27. The lowest BCUT2D eigenvalue weighted by Gasteiger charge is -2.03. The molecule has 0 amide bonds. The van der Waals surface area contributed by atoms with E-state index < -0.39 is 10.0 Å². The summed E-state index contributed by atoms with van der Waals surface area (Å²) in [6.45, 7) is 0. The quantitative estimate of drug-likeness (QED) is 0.524. The number of hydrogen-bond donors (Lipinski definition) is 3. The molecule has 2 heterocycles. The minimum Gasteiger partial charge on any atom is -0.384 e. The van der Waals surface area contributed by atoms with E-state index >= 15 is 0 Å². The van der Waals surface area contributed by atoms with Gasteiger partial charge in [0, 0.05) is 17.2 Å². The highest BCUT2D eigenvalue weighted by Gasteiger charge is 2.11. The van der Waals surface area contributed by atoms with Crippen LogP contribution in [0.2, 0.25) is 0 Å². The predicted octanol–water partition coefficient (Wildman–Crippen LogP) is 0.0707. The maximum atomic E-state index is 11.1. The Labute approximate surface area is 130 Å². The van der Waals surface area contributed by atoms with Crippen LogP contribution < -0.4 is 17.2 Å². The molecule has 0 saturated heterocycles. The molecule has 2 aromatic rings. The molecule has 0 fully saturated rings. The molecule has 11 heteroatoms. The Hall–Kier alpha value is -2.53. The van der Waals surface area contributed by atoms with Gasteiger partial charge in [0.15, 0.2) is 5.96 Å². The van der Waals surface area contributed by atoms with Crippen LogP contribution in [0.25, 0.3) is 11.4 Å². The maximum absolute atomic E-state index is 11.1. The van der Waals surface area contributed by atoms with Crippen LogP contribution in [0.3, 0.4) is 0 Å². The van der Waals surface area contributed by atoms with Crippen molar-refractivity contribution in [3.05, 3.63) is 23.1 Å². The van der Waals surface area contributed by atoms with Gasteiger partial charge in [0.05, 0.1) is 6.26 Å². The Morgan fingerprint density at radius 3 is 2.68 bits per heavy atom. The molecule has 2 rings (SSSR count). The monoisotopic (exact) mass is 339 g/mol. The highest BCUT2D eigenvalue weighted by atomic mass is 32.2. The van der Waals surface area contributed by atoms with E-state index in [0.29, 0.717) is 22.1 Å². The lowest BCUT2D eigenvalue weighted by Crippen LogP contribution is -2.21. The second kappa shape index (κ2) is 6.07. The average Bonchev–Trinajstić information content (AvgIpc) is 2.83. The van der Waals surface area contributed by atoms with E-state index in [1.165, 1.54) is 23.6 Å². The molecule has 0 unspecified atom stereocenters. The van der Waals surface area contributed by atoms with Crippen LogP contribution in [-0.2, 0) is 10.0 Å². The second-order valence-corrected chi connectivity index (χ2v) is 6.71. The van der Waals surface area contributed by atoms with Crippen LogP contribution >= 0.6 is 11.3 Å². The zero-order chi connectivity index (χ0) is 16.3. The first kappa shape index (κ1) is 15.9. The molecular formula is C11H13N7O2S2. The number of nitrogens with zero attached hydrogens (tertiary/aromatic N) is 4. The van der Waals surface area contributed by atoms with Gasteiger partial charge in [-0.2, -0.15) is 9.39 Å². The third-order valence-corrected chi connectivity index (χ3v) is 3.51. The van der Waals surface area contributed by atoms with Crippen molar-refractivity contribution in [2.75, 3.05) is 12.0 Å². The summed E-state index contributed by atoms with van der Waals surface area (Å²) in [5.74, 6) is 0.156. The number of hydrogen-bond acceptors (Lipinski definition) is 7. The van der Waals surface area contributed by atoms with Crippen LogP contribution in [0.5, 0.6) is 0 Å². The van der Waals surface area contributed by atoms with Gasteiger partial charge >= 0.3 is 0 Å². The third kappa shape index (κ3) is 4.23. The molecule has 22 heavy (non-hydrogen) atoms. The molecule has 0 aromatic carbocycles. The fourth-order valence-electron chi connectivity index (χ4n) is 1.48. The van der Waals surface area contributed by atoms with E-state index in [4.69, 9.17) is 17.2 Å². The van der Waals surface area contributed by atoms with Gasteiger partial charge in [0.2, 0.25) is 15.2 Å². The van der Waals surface area contributed by atoms with Gasteiger partial charge < -0.3 is 17.2 Å². The van der Waals surface area contributed by atoms with Crippen LogP contribution in [-0.4, -0.2) is 36.8 Å². The minimum absolute atomic E-state index is 0.111. The largest absolute Gasteiger partial charge is 0.384 e. The molecule has 0 aliphatic carbocycles. The normalized spacial score (nSPS) is 11.7. The first-order chi connectivity index (χ1) is 10.2. The Morgan fingerprint density at radius 1 is 1.32 bits per heavy atom. The molecule has 9 nitrogen and oxygen atoms in total. The fourth-order valence-corrected chi connectivity index (χ4v) is 2.48. The second-order valence-electron chi connectivity index (χ2n) is 4.19. The molecule has 0 spiro atoms. The van der Waals surface area contributed by atoms with E-state index in [-0.39, 0.29) is 11.8 Å². The van der Waals surface area contributed by atoms with Crippen molar-refractivity contribution in [2.45, 2.75) is 0 Å². The van der Waals surface area contributed by atoms with E-state index in [9.17, 15) is 8.42 Å². The SMILES string of the molecule is CS(=O)(=O)/N=C/c1ccc(N)nc1-c1csc(N=C(N)N)n1. The number of pyridine rings is 1. The van der Waals surface area contributed by atoms with Crippen molar-refractivity contribution < 1.29 is 8.42 Å². The van der Waals surface area contributed by atoms with Crippen molar-refractivity contribution in [2.24, 2.45) is 20.9 Å². The van der Waals surface area contributed by atoms with E-state index in [1.807, 2.05) is 0 Å². The first-order valence-electron chi connectivity index (χ1n) is 5.82. The molecule has 0 aliphatic rings. The summed E-state index contributed by atoms with van der Waals surface area (Å²) in [4.78, 5) is 12.2. The summed E-state index contributed by atoms with van der Waals surface area (Å²) >= 11 is 1.21. The molecule has 0 radical (unpaired) electrons. The van der Waals surface area contributed by atoms with Gasteiger partial charge in [-0.05, 0) is 12.1 Å². The average molecular weight is 339 g/mol. The van der Waals surface area contributed by atoms with Gasteiger partial charge in [0.25, 0.3) is 0 Å². The topological polar surface area (TPSA) is 163 Å². The number of aromatic nitrogens is 2. The number of nitrogen functional groups attached to an aromatic ring is 1. The standard InChI is InChI=1S/C11H13N7O2S2/c1-22(19,20)15-4-6-2-3-8(12)17-9(6)7-5-21-11(16-7)18-10(13)14/h2-5H,1H3,(H2,12,17)(H4,13,14,16,18)/b15-4+. The Bertz CT molecular complexity index is 851. The fraction of sp³-hybridized carbons (Fsp3) is 0.0909. The number of guanidine groups is 1. The molecular weight excluding hydrogens is 326 g/mol. The summed E-state index contributed by atoms with van der Waals surface area (Å²) in [7, 11) is -3.50. The van der Waals surface area contributed by atoms with Crippen molar-refractivity contribution in [3.8, 4) is 11.4 Å². The van der Waals surface area contributed by atoms with Gasteiger partial charge in [-0.1, -0.05) is 0 Å². The molecule has 0 bridgehead atoms. The van der Waals surface area contributed by atoms with E-state index in [0.717, 1.165) is 6.26 Å². The van der Waals surface area contributed by atoms with E-state index in [2.05, 4.69) is 19.4 Å². The molecule has 0 aliphatic heterocycles. The van der Waals surface area contributed by atoms with Crippen molar-refractivity contribution in [3.63, 3.8) is 0 Å². The van der Waals surface area contributed by atoms with Gasteiger partial charge in [-0.3, -0.25) is 0 Å². The van der Waals surface area contributed by atoms with Gasteiger partial charge in [-0.15, -0.1) is 11.3 Å². The van der Waals surface area contributed by atoms with Crippen LogP contribution in [0, 0.1) is 0 Å². The number of anilines is 1. The van der Waals surface area contributed by atoms with Crippen molar-refractivity contribution >= 4 is 44.5 Å². The zero-order valence-electron chi connectivity index (χ0n) is 11.5. The van der Waals surface area contributed by atoms with Crippen molar-refractivity contribution in [1.82, 2.24) is 9.97 Å². The number of thiazole rings is 1. The van der Waals surface area contributed by atoms with Gasteiger partial charge in [-0.25, -0.2) is 18.4 Å². The summed E-state index contributed by atoms with van der Waals surface area (Å²) in [5.41, 5.74) is 17.6. The Kier molecular flexibility index (Phi) is 4.37. The number of rotatable bonds is 4. The summed E-state index contributed by atoms with van der Waals surface area (Å²) in [6.07, 6.45) is 2.18. The third-order valence-electron chi connectivity index (χ3n) is 2.29. The number of nitrogens with two attached hydrogens (primary N) is 3. The van der Waals surface area contributed by atoms with Gasteiger partial charge in [0.1, 0.15) is 17.2 Å². The lowest BCUT2D eigenvalue weighted by molar-refractivity contribution is 0.604.